The van der Waals surface area contributed by atoms with Gasteiger partial charge in [0.25, 0.3) is 0 Å². The Kier molecular flexibility index (Phi) is 4.11. The number of anilines is 1. The number of nitrogen functional groups attached to an aromatic ring is 1. The van der Waals surface area contributed by atoms with E-state index in [0.29, 0.717) is 23.1 Å². The standard InChI is InChI=1S/C15H16ClNO/c1-2-11-6-7-15(14(17)9-11)18-10-12-4-3-5-13(16)8-12/h3-9H,2,10,17H2,1H3. The summed E-state index contributed by atoms with van der Waals surface area (Å²) in [7, 11) is 0. The lowest BCUT2D eigenvalue weighted by molar-refractivity contribution is 0.308. The van der Waals surface area contributed by atoms with Crippen LogP contribution in [0.5, 0.6) is 5.75 Å². The third-order valence-electron chi connectivity index (χ3n) is 2.77. The number of aryl methyl sites for hydroxylation is 1. The van der Waals surface area contributed by atoms with Gasteiger partial charge in [0.2, 0.25) is 0 Å². The molecule has 2 rings (SSSR count). The van der Waals surface area contributed by atoms with E-state index in [2.05, 4.69) is 6.92 Å². The van der Waals surface area contributed by atoms with E-state index >= 15 is 0 Å². The predicted molar refractivity (Wildman–Crippen MR) is 76.0 cm³/mol. The first-order valence-electron chi connectivity index (χ1n) is 5.94. The van der Waals surface area contributed by atoms with Crippen molar-refractivity contribution in [2.75, 3.05) is 5.73 Å². The van der Waals surface area contributed by atoms with Crippen LogP contribution in [-0.2, 0) is 13.0 Å². The predicted octanol–water partition coefficient (Wildman–Crippen LogP) is 4.06. The first-order valence-corrected chi connectivity index (χ1v) is 6.32. The zero-order valence-corrected chi connectivity index (χ0v) is 11.1. The maximum absolute atomic E-state index is 5.94. The van der Waals surface area contributed by atoms with Gasteiger partial charge in [-0.15, -0.1) is 0 Å². The summed E-state index contributed by atoms with van der Waals surface area (Å²) < 4.78 is 5.69. The molecule has 0 saturated carbocycles. The lowest BCUT2D eigenvalue weighted by atomic mass is 10.1. The fraction of sp³-hybridized carbons (Fsp3) is 0.200. The minimum absolute atomic E-state index is 0.468. The zero-order valence-electron chi connectivity index (χ0n) is 10.3. The molecule has 0 radical (unpaired) electrons. The van der Waals surface area contributed by atoms with Gasteiger partial charge in [-0.05, 0) is 41.8 Å². The first kappa shape index (κ1) is 12.8. The average molecular weight is 262 g/mol. The van der Waals surface area contributed by atoms with Crippen LogP contribution in [0, 0.1) is 0 Å². The van der Waals surface area contributed by atoms with E-state index in [4.69, 9.17) is 22.1 Å². The minimum Gasteiger partial charge on any atom is -0.487 e. The molecule has 3 heteroatoms. The summed E-state index contributed by atoms with van der Waals surface area (Å²) in [5, 5.41) is 0.713. The molecule has 0 spiro atoms. The quantitative estimate of drug-likeness (QED) is 0.843. The van der Waals surface area contributed by atoms with Crippen LogP contribution in [0.2, 0.25) is 5.02 Å². The van der Waals surface area contributed by atoms with E-state index in [0.717, 1.165) is 12.0 Å². The van der Waals surface area contributed by atoms with Crippen LogP contribution >= 0.6 is 11.6 Å². The van der Waals surface area contributed by atoms with Crippen LogP contribution < -0.4 is 10.5 Å². The fourth-order valence-corrected chi connectivity index (χ4v) is 1.95. The molecule has 0 bridgehead atoms. The fourth-order valence-electron chi connectivity index (χ4n) is 1.74. The third-order valence-corrected chi connectivity index (χ3v) is 3.00. The van der Waals surface area contributed by atoms with E-state index < -0.39 is 0 Å². The molecule has 0 atom stereocenters. The van der Waals surface area contributed by atoms with Crippen molar-refractivity contribution in [1.29, 1.82) is 0 Å². The van der Waals surface area contributed by atoms with Gasteiger partial charge in [0.15, 0.2) is 0 Å². The molecule has 0 aliphatic rings. The van der Waals surface area contributed by atoms with Crippen LogP contribution in [0.4, 0.5) is 5.69 Å². The largest absolute Gasteiger partial charge is 0.487 e. The molecule has 94 valence electrons. The van der Waals surface area contributed by atoms with Gasteiger partial charge in [-0.25, -0.2) is 0 Å². The molecular weight excluding hydrogens is 246 g/mol. The van der Waals surface area contributed by atoms with E-state index in [1.165, 1.54) is 5.56 Å². The Morgan fingerprint density at radius 3 is 2.61 bits per heavy atom. The van der Waals surface area contributed by atoms with Gasteiger partial charge in [0.05, 0.1) is 5.69 Å². The van der Waals surface area contributed by atoms with Crippen LogP contribution in [-0.4, -0.2) is 0 Å². The van der Waals surface area contributed by atoms with Crippen molar-refractivity contribution in [3.05, 3.63) is 58.6 Å². The summed E-state index contributed by atoms with van der Waals surface area (Å²) in [5.74, 6) is 0.715. The number of rotatable bonds is 4. The normalized spacial score (nSPS) is 10.3. The smallest absolute Gasteiger partial charge is 0.142 e. The molecule has 0 fully saturated rings. The van der Waals surface area contributed by atoms with E-state index in [1.807, 2.05) is 42.5 Å². The van der Waals surface area contributed by atoms with E-state index in [1.54, 1.807) is 0 Å². The highest BCUT2D eigenvalue weighted by Gasteiger charge is 2.02. The summed E-state index contributed by atoms with van der Waals surface area (Å²) in [6.45, 7) is 2.57. The molecule has 0 aliphatic heterocycles. The van der Waals surface area contributed by atoms with Gasteiger partial charge in [0.1, 0.15) is 12.4 Å². The second-order valence-corrected chi connectivity index (χ2v) is 4.58. The zero-order chi connectivity index (χ0) is 13.0. The molecule has 2 aromatic rings. The van der Waals surface area contributed by atoms with Gasteiger partial charge >= 0.3 is 0 Å². The van der Waals surface area contributed by atoms with Crippen molar-refractivity contribution >= 4 is 17.3 Å². The third kappa shape index (κ3) is 3.17. The van der Waals surface area contributed by atoms with Crippen LogP contribution in [0.25, 0.3) is 0 Å². The first-order chi connectivity index (χ1) is 8.69. The summed E-state index contributed by atoms with van der Waals surface area (Å²) in [5.41, 5.74) is 8.86. The second-order valence-electron chi connectivity index (χ2n) is 4.14. The number of hydrogen-bond donors (Lipinski definition) is 1. The number of nitrogens with two attached hydrogens (primary N) is 1. The summed E-state index contributed by atoms with van der Waals surface area (Å²) in [6.07, 6.45) is 0.971. The lowest BCUT2D eigenvalue weighted by Crippen LogP contribution is -1.99. The van der Waals surface area contributed by atoms with Crippen molar-refractivity contribution in [3.8, 4) is 5.75 Å². The Bertz CT molecular complexity index is 540. The molecule has 2 aromatic carbocycles. The Morgan fingerprint density at radius 2 is 1.94 bits per heavy atom. The monoisotopic (exact) mass is 261 g/mol. The van der Waals surface area contributed by atoms with E-state index in [9.17, 15) is 0 Å². The summed E-state index contributed by atoms with van der Waals surface area (Å²) in [6, 6.07) is 13.5. The Balaban J connectivity index is 2.06. The Labute approximate surface area is 112 Å². The number of hydrogen-bond acceptors (Lipinski definition) is 2. The van der Waals surface area contributed by atoms with Crippen molar-refractivity contribution < 1.29 is 4.74 Å². The maximum Gasteiger partial charge on any atom is 0.142 e. The highest BCUT2D eigenvalue weighted by atomic mass is 35.5. The molecule has 0 aliphatic carbocycles. The van der Waals surface area contributed by atoms with Gasteiger partial charge < -0.3 is 10.5 Å². The highest BCUT2D eigenvalue weighted by Crippen LogP contribution is 2.24. The van der Waals surface area contributed by atoms with Crippen LogP contribution in [0.3, 0.4) is 0 Å². The molecule has 0 amide bonds. The van der Waals surface area contributed by atoms with Crippen LogP contribution in [0.1, 0.15) is 18.1 Å². The van der Waals surface area contributed by atoms with Crippen molar-refractivity contribution in [2.45, 2.75) is 20.0 Å². The molecular formula is C15H16ClNO. The Hall–Kier alpha value is -1.67. The van der Waals surface area contributed by atoms with Gasteiger partial charge in [0, 0.05) is 5.02 Å². The lowest BCUT2D eigenvalue weighted by Gasteiger charge is -2.10. The molecule has 2 nitrogen and oxygen atoms in total. The molecule has 18 heavy (non-hydrogen) atoms. The van der Waals surface area contributed by atoms with Gasteiger partial charge in [-0.2, -0.15) is 0 Å². The maximum atomic E-state index is 5.94. The number of benzene rings is 2. The molecule has 0 aromatic heterocycles. The number of halogens is 1. The summed E-state index contributed by atoms with van der Waals surface area (Å²) in [4.78, 5) is 0. The molecule has 0 heterocycles. The molecule has 0 unspecified atom stereocenters. The average Bonchev–Trinajstić information content (AvgIpc) is 2.37. The Morgan fingerprint density at radius 1 is 1.11 bits per heavy atom. The topological polar surface area (TPSA) is 35.2 Å². The van der Waals surface area contributed by atoms with Crippen molar-refractivity contribution in [2.24, 2.45) is 0 Å². The minimum atomic E-state index is 0.468. The summed E-state index contributed by atoms with van der Waals surface area (Å²) >= 11 is 5.92. The number of ether oxygens (including phenoxy) is 1. The second kappa shape index (κ2) is 5.78. The van der Waals surface area contributed by atoms with E-state index in [-0.39, 0.29) is 0 Å². The van der Waals surface area contributed by atoms with Crippen molar-refractivity contribution in [3.63, 3.8) is 0 Å². The molecule has 2 N–H and O–H groups in total. The highest BCUT2D eigenvalue weighted by molar-refractivity contribution is 6.30. The van der Waals surface area contributed by atoms with Gasteiger partial charge in [-0.3, -0.25) is 0 Å². The van der Waals surface area contributed by atoms with Crippen LogP contribution in [0.15, 0.2) is 42.5 Å². The van der Waals surface area contributed by atoms with Gasteiger partial charge in [-0.1, -0.05) is 36.7 Å². The van der Waals surface area contributed by atoms with Crippen molar-refractivity contribution in [1.82, 2.24) is 0 Å². The SMILES string of the molecule is CCc1ccc(OCc2cccc(Cl)c2)c(N)c1. The molecule has 0 saturated heterocycles.